The number of amides is 2. The number of carbonyl (C=O) groups is 1. The molecule has 2 aliphatic rings. The predicted octanol–water partition coefficient (Wildman–Crippen LogP) is 2.63. The third-order valence-corrected chi connectivity index (χ3v) is 6.06. The average Bonchev–Trinajstić information content (AvgIpc) is 3.38. The van der Waals surface area contributed by atoms with Crippen LogP contribution in [0.25, 0.3) is 0 Å². The maximum Gasteiger partial charge on any atom is 0.317 e. The molecular formula is C19H30N8O. The lowest BCUT2D eigenvalue weighted by molar-refractivity contribution is 0.175. The summed E-state index contributed by atoms with van der Waals surface area (Å²) in [4.78, 5) is 19.4. The van der Waals surface area contributed by atoms with Gasteiger partial charge in [0.1, 0.15) is 12.2 Å². The number of carbonyl (C=O) groups excluding carboxylic acids is 1. The van der Waals surface area contributed by atoms with Gasteiger partial charge in [0.2, 0.25) is 0 Å². The highest BCUT2D eigenvalue weighted by Crippen LogP contribution is 2.32. The van der Waals surface area contributed by atoms with Crippen molar-refractivity contribution < 1.29 is 4.79 Å². The largest absolute Gasteiger partial charge is 0.328 e. The van der Waals surface area contributed by atoms with E-state index < -0.39 is 0 Å². The number of nitrogens with one attached hydrogen (secondary N) is 2. The fourth-order valence-corrected chi connectivity index (χ4v) is 4.43. The average molecular weight is 387 g/mol. The number of likely N-dealkylation sites (tertiary alicyclic amines) is 1. The molecule has 0 spiro atoms. The summed E-state index contributed by atoms with van der Waals surface area (Å²) in [6, 6.07) is -0.259. The van der Waals surface area contributed by atoms with E-state index in [0.717, 1.165) is 36.9 Å². The standard InChI is InChI=1S/C19H30N8O/c1-13(18-25-20-12-26(18)2)21-19(28)27-10-6-9-15(11-27)17-22-16(23-24-17)14-7-4-3-5-8-14/h12-15H,3-11H2,1-2H3,(H,21,28)(H,22,23,24). The Balaban J connectivity index is 1.37. The number of aryl methyl sites for hydroxylation is 1. The molecule has 2 atom stereocenters. The molecule has 0 aromatic carbocycles. The third-order valence-electron chi connectivity index (χ3n) is 6.06. The van der Waals surface area contributed by atoms with Crippen LogP contribution in [0.5, 0.6) is 0 Å². The van der Waals surface area contributed by atoms with Crippen molar-refractivity contribution in [1.82, 2.24) is 40.2 Å². The summed E-state index contributed by atoms with van der Waals surface area (Å²) in [5.41, 5.74) is 0. The molecule has 1 aliphatic heterocycles. The smallest absolute Gasteiger partial charge is 0.317 e. The van der Waals surface area contributed by atoms with Crippen molar-refractivity contribution in [3.8, 4) is 0 Å². The van der Waals surface area contributed by atoms with Crippen LogP contribution in [0, 0.1) is 0 Å². The number of hydrogen-bond donors (Lipinski definition) is 2. The topological polar surface area (TPSA) is 105 Å². The minimum atomic E-state index is -0.193. The van der Waals surface area contributed by atoms with Crippen LogP contribution in [0.15, 0.2) is 6.33 Å². The molecule has 1 saturated heterocycles. The summed E-state index contributed by atoms with van der Waals surface area (Å²) in [5.74, 6) is 3.35. The predicted molar refractivity (Wildman–Crippen MR) is 104 cm³/mol. The van der Waals surface area contributed by atoms with Gasteiger partial charge in [0.15, 0.2) is 11.6 Å². The van der Waals surface area contributed by atoms with E-state index in [0.29, 0.717) is 12.5 Å². The lowest BCUT2D eigenvalue weighted by Gasteiger charge is -2.32. The van der Waals surface area contributed by atoms with Gasteiger partial charge in [0.25, 0.3) is 0 Å². The Kier molecular flexibility index (Phi) is 5.59. The number of H-pyrrole nitrogens is 1. The molecule has 0 bridgehead atoms. The summed E-state index contributed by atoms with van der Waals surface area (Å²) in [6.45, 7) is 3.34. The van der Waals surface area contributed by atoms with Gasteiger partial charge in [-0.05, 0) is 32.6 Å². The minimum Gasteiger partial charge on any atom is -0.328 e. The first kappa shape index (κ1) is 18.9. The zero-order chi connectivity index (χ0) is 19.5. The first-order chi connectivity index (χ1) is 13.6. The van der Waals surface area contributed by atoms with Crippen LogP contribution < -0.4 is 5.32 Å². The van der Waals surface area contributed by atoms with E-state index in [4.69, 9.17) is 4.98 Å². The van der Waals surface area contributed by atoms with Crippen molar-refractivity contribution in [2.45, 2.75) is 69.7 Å². The minimum absolute atomic E-state index is 0.0664. The van der Waals surface area contributed by atoms with Gasteiger partial charge < -0.3 is 14.8 Å². The second-order valence-corrected chi connectivity index (χ2v) is 8.17. The number of rotatable bonds is 4. The van der Waals surface area contributed by atoms with E-state index in [-0.39, 0.29) is 18.0 Å². The Bertz CT molecular complexity index is 793. The van der Waals surface area contributed by atoms with E-state index in [1.807, 2.05) is 23.4 Å². The van der Waals surface area contributed by atoms with Gasteiger partial charge in [-0.2, -0.15) is 5.10 Å². The Hall–Kier alpha value is -2.45. The molecule has 4 rings (SSSR count). The first-order valence-electron chi connectivity index (χ1n) is 10.4. The summed E-state index contributed by atoms with van der Waals surface area (Å²) >= 11 is 0. The fourth-order valence-electron chi connectivity index (χ4n) is 4.43. The van der Waals surface area contributed by atoms with Crippen molar-refractivity contribution in [2.75, 3.05) is 13.1 Å². The molecule has 2 aromatic rings. The summed E-state index contributed by atoms with van der Waals surface area (Å²) in [6.07, 6.45) is 9.92. The summed E-state index contributed by atoms with van der Waals surface area (Å²) < 4.78 is 1.82. The SMILES string of the molecule is CC(NC(=O)N1CCCC(c2n[nH]c(C3CCCCC3)n2)C1)c1nncn1C. The van der Waals surface area contributed by atoms with Gasteiger partial charge in [-0.25, -0.2) is 9.78 Å². The van der Waals surface area contributed by atoms with Crippen LogP contribution >= 0.6 is 0 Å². The van der Waals surface area contributed by atoms with Crippen LogP contribution in [0.2, 0.25) is 0 Å². The molecule has 2 amide bonds. The second-order valence-electron chi connectivity index (χ2n) is 8.17. The molecule has 1 aliphatic carbocycles. The van der Waals surface area contributed by atoms with Crippen molar-refractivity contribution in [3.05, 3.63) is 23.8 Å². The highest BCUT2D eigenvalue weighted by molar-refractivity contribution is 5.74. The Morgan fingerprint density at radius 2 is 2.00 bits per heavy atom. The Morgan fingerprint density at radius 1 is 1.21 bits per heavy atom. The number of urea groups is 1. The number of aromatic amines is 1. The zero-order valence-electron chi connectivity index (χ0n) is 16.8. The number of aromatic nitrogens is 6. The second kappa shape index (κ2) is 8.28. The normalized spacial score (nSPS) is 22.2. The maximum absolute atomic E-state index is 12.8. The van der Waals surface area contributed by atoms with Gasteiger partial charge in [0, 0.05) is 32.0 Å². The molecule has 152 valence electrons. The molecule has 28 heavy (non-hydrogen) atoms. The van der Waals surface area contributed by atoms with E-state index in [2.05, 4.69) is 25.7 Å². The molecule has 3 heterocycles. The van der Waals surface area contributed by atoms with Crippen LogP contribution in [0.1, 0.15) is 87.2 Å². The highest BCUT2D eigenvalue weighted by Gasteiger charge is 2.29. The van der Waals surface area contributed by atoms with Gasteiger partial charge in [-0.3, -0.25) is 5.10 Å². The van der Waals surface area contributed by atoms with Crippen molar-refractivity contribution in [1.29, 1.82) is 0 Å². The molecule has 9 nitrogen and oxygen atoms in total. The summed E-state index contributed by atoms with van der Waals surface area (Å²) in [7, 11) is 1.88. The number of hydrogen-bond acceptors (Lipinski definition) is 5. The monoisotopic (exact) mass is 386 g/mol. The van der Waals surface area contributed by atoms with Crippen LogP contribution in [0.4, 0.5) is 4.79 Å². The van der Waals surface area contributed by atoms with Crippen molar-refractivity contribution in [3.63, 3.8) is 0 Å². The zero-order valence-corrected chi connectivity index (χ0v) is 16.8. The van der Waals surface area contributed by atoms with Gasteiger partial charge in [-0.15, -0.1) is 10.2 Å². The molecular weight excluding hydrogens is 356 g/mol. The molecule has 9 heteroatoms. The van der Waals surface area contributed by atoms with E-state index in [1.165, 1.54) is 32.1 Å². The van der Waals surface area contributed by atoms with Crippen LogP contribution in [0.3, 0.4) is 0 Å². The quantitative estimate of drug-likeness (QED) is 0.840. The van der Waals surface area contributed by atoms with Crippen LogP contribution in [-0.2, 0) is 7.05 Å². The fraction of sp³-hybridized carbons (Fsp3) is 0.737. The number of piperidine rings is 1. The lowest BCUT2D eigenvalue weighted by Crippen LogP contribution is -2.46. The highest BCUT2D eigenvalue weighted by atomic mass is 16.2. The van der Waals surface area contributed by atoms with E-state index >= 15 is 0 Å². The van der Waals surface area contributed by atoms with E-state index in [1.54, 1.807) is 6.33 Å². The molecule has 2 fully saturated rings. The number of nitrogens with zero attached hydrogens (tertiary/aromatic N) is 6. The van der Waals surface area contributed by atoms with Gasteiger partial charge in [-0.1, -0.05) is 19.3 Å². The van der Waals surface area contributed by atoms with Crippen molar-refractivity contribution in [2.24, 2.45) is 7.05 Å². The molecule has 1 saturated carbocycles. The maximum atomic E-state index is 12.8. The third kappa shape index (κ3) is 4.02. The molecule has 2 aromatic heterocycles. The van der Waals surface area contributed by atoms with E-state index in [9.17, 15) is 4.79 Å². The van der Waals surface area contributed by atoms with Crippen LogP contribution in [-0.4, -0.2) is 54.0 Å². The van der Waals surface area contributed by atoms with Gasteiger partial charge >= 0.3 is 6.03 Å². The molecule has 0 radical (unpaired) electrons. The van der Waals surface area contributed by atoms with Gasteiger partial charge in [0.05, 0.1) is 6.04 Å². The lowest BCUT2D eigenvalue weighted by atomic mass is 9.89. The first-order valence-corrected chi connectivity index (χ1v) is 10.4. The Labute approximate surface area is 165 Å². The summed E-state index contributed by atoms with van der Waals surface area (Å²) in [5, 5.41) is 18.7. The molecule has 2 unspecified atom stereocenters. The Morgan fingerprint density at radius 3 is 2.75 bits per heavy atom. The molecule has 2 N–H and O–H groups in total. The van der Waals surface area contributed by atoms with Crippen molar-refractivity contribution >= 4 is 6.03 Å².